The molecule has 0 saturated carbocycles. The van der Waals surface area contributed by atoms with Crippen LogP contribution < -0.4 is 14.8 Å². The normalized spacial score (nSPS) is 11.6. The van der Waals surface area contributed by atoms with Gasteiger partial charge in [-0.15, -0.1) is 0 Å². The molecule has 0 unspecified atom stereocenters. The Morgan fingerprint density at radius 3 is 2.57 bits per heavy atom. The van der Waals surface area contributed by atoms with E-state index in [0.717, 1.165) is 44.3 Å². The maximum atomic E-state index is 12.9. The number of furan rings is 1. The summed E-state index contributed by atoms with van der Waals surface area (Å²) in [7, 11) is 3.25. The molecule has 3 aromatic carbocycles. The van der Waals surface area contributed by atoms with Crippen LogP contribution in [0.4, 0.5) is 5.69 Å². The van der Waals surface area contributed by atoms with E-state index in [1.54, 1.807) is 32.8 Å². The Bertz CT molecular complexity index is 1580. The van der Waals surface area contributed by atoms with Crippen molar-refractivity contribution in [1.82, 2.24) is 4.98 Å². The number of methoxy groups -OCH3 is 2. The van der Waals surface area contributed by atoms with Crippen molar-refractivity contribution in [3.8, 4) is 22.6 Å². The van der Waals surface area contributed by atoms with Crippen LogP contribution in [-0.2, 0) is 4.79 Å². The van der Waals surface area contributed by atoms with Gasteiger partial charge in [0.15, 0.2) is 0 Å². The number of pyridine rings is 1. The van der Waals surface area contributed by atoms with Gasteiger partial charge >= 0.3 is 0 Å². The Kier molecular flexibility index (Phi) is 5.94. The minimum atomic E-state index is -0.250. The Morgan fingerprint density at radius 1 is 0.943 bits per heavy atom. The number of rotatable bonds is 6. The Balaban J connectivity index is 1.53. The number of amides is 1. The lowest BCUT2D eigenvalue weighted by Gasteiger charge is -2.11. The second-order valence-electron chi connectivity index (χ2n) is 8.10. The Hall–Kier alpha value is -4.58. The topological polar surface area (TPSA) is 73.6 Å². The highest BCUT2D eigenvalue weighted by molar-refractivity contribution is 6.08. The smallest absolute Gasteiger partial charge is 0.248 e. The number of hydrogen-bond acceptors (Lipinski definition) is 5. The minimum absolute atomic E-state index is 0.250. The molecule has 174 valence electrons. The van der Waals surface area contributed by atoms with Crippen LogP contribution in [0.2, 0.25) is 0 Å². The number of hydrogen-bond donors (Lipinski definition) is 1. The molecule has 1 N–H and O–H groups in total. The molecule has 35 heavy (non-hydrogen) atoms. The monoisotopic (exact) mass is 464 g/mol. The third-order valence-electron chi connectivity index (χ3n) is 5.96. The van der Waals surface area contributed by atoms with Crippen molar-refractivity contribution in [2.24, 2.45) is 0 Å². The second kappa shape index (κ2) is 9.35. The molecule has 0 aliphatic heterocycles. The van der Waals surface area contributed by atoms with Crippen LogP contribution in [0.3, 0.4) is 0 Å². The van der Waals surface area contributed by atoms with Crippen molar-refractivity contribution in [1.29, 1.82) is 0 Å². The summed E-state index contributed by atoms with van der Waals surface area (Å²) in [6.45, 7) is 1.88. The summed E-state index contributed by atoms with van der Waals surface area (Å²) in [6.07, 6.45) is 4.99. The number of para-hydroxylation sites is 2. The molecule has 0 fully saturated rings. The molecule has 0 aliphatic rings. The molecule has 1 amide bonds. The van der Waals surface area contributed by atoms with Gasteiger partial charge in [0.1, 0.15) is 17.1 Å². The first-order chi connectivity index (χ1) is 17.1. The van der Waals surface area contributed by atoms with E-state index in [1.165, 1.54) is 0 Å². The molecule has 2 heterocycles. The van der Waals surface area contributed by atoms with Crippen molar-refractivity contribution in [2.75, 3.05) is 19.5 Å². The van der Waals surface area contributed by atoms with Crippen molar-refractivity contribution < 1.29 is 18.7 Å². The van der Waals surface area contributed by atoms with E-state index in [2.05, 4.69) is 10.3 Å². The number of ether oxygens (including phenoxy) is 2. The molecule has 0 atom stereocenters. The fraction of sp³-hybridized carbons (Fsp3) is 0.103. The number of carbonyl (C=O) groups is 1. The number of nitrogens with zero attached hydrogens (tertiary/aromatic N) is 1. The highest BCUT2D eigenvalue weighted by atomic mass is 16.5. The maximum Gasteiger partial charge on any atom is 0.248 e. The van der Waals surface area contributed by atoms with E-state index in [4.69, 9.17) is 13.9 Å². The minimum Gasteiger partial charge on any atom is -0.496 e. The maximum absolute atomic E-state index is 12.9. The largest absolute Gasteiger partial charge is 0.496 e. The molecule has 0 aliphatic carbocycles. The van der Waals surface area contributed by atoms with Gasteiger partial charge in [0, 0.05) is 45.8 Å². The molecular formula is C29H24N2O4. The molecule has 6 nitrogen and oxygen atoms in total. The highest BCUT2D eigenvalue weighted by Gasteiger charge is 2.17. The van der Waals surface area contributed by atoms with Crippen LogP contribution in [0.15, 0.2) is 89.7 Å². The zero-order valence-corrected chi connectivity index (χ0v) is 19.7. The molecular weight excluding hydrogens is 440 g/mol. The Labute approximate surface area is 202 Å². The molecule has 5 aromatic rings. The van der Waals surface area contributed by atoms with Crippen molar-refractivity contribution in [2.45, 2.75) is 6.92 Å². The van der Waals surface area contributed by atoms with Crippen LogP contribution in [0, 0.1) is 0 Å². The average molecular weight is 465 g/mol. The molecule has 0 spiro atoms. The van der Waals surface area contributed by atoms with Gasteiger partial charge in [-0.3, -0.25) is 9.78 Å². The van der Waals surface area contributed by atoms with Gasteiger partial charge in [0.2, 0.25) is 5.91 Å². The first kappa shape index (κ1) is 22.2. The standard InChI is InChI=1S/C29H24N2O4/c1-18(14-28(32)31-24-11-6-8-19-9-7-13-30-29(19)24)21-15-22-23(17-35-27(22)16-26(21)34-3)20-10-4-5-12-25(20)33-2/h4-17H,1-3H3,(H,31,32)/b18-14+. The van der Waals surface area contributed by atoms with E-state index in [9.17, 15) is 4.79 Å². The van der Waals surface area contributed by atoms with Crippen molar-refractivity contribution >= 4 is 39.0 Å². The highest BCUT2D eigenvalue weighted by Crippen LogP contribution is 2.40. The zero-order chi connectivity index (χ0) is 24.4. The molecule has 0 radical (unpaired) electrons. The van der Waals surface area contributed by atoms with Gasteiger partial charge < -0.3 is 19.2 Å². The predicted octanol–water partition coefficient (Wildman–Crippen LogP) is 6.71. The number of aromatic nitrogens is 1. The van der Waals surface area contributed by atoms with Gasteiger partial charge in [-0.25, -0.2) is 0 Å². The fourth-order valence-electron chi connectivity index (χ4n) is 4.26. The van der Waals surface area contributed by atoms with Gasteiger partial charge in [-0.05, 0) is 36.8 Å². The van der Waals surface area contributed by atoms with E-state index in [1.807, 2.05) is 73.7 Å². The summed E-state index contributed by atoms with van der Waals surface area (Å²) in [5.41, 5.74) is 5.46. The zero-order valence-electron chi connectivity index (χ0n) is 19.7. The first-order valence-corrected chi connectivity index (χ1v) is 11.1. The fourth-order valence-corrected chi connectivity index (χ4v) is 4.26. The number of anilines is 1. The number of allylic oxidation sites excluding steroid dienone is 1. The quantitative estimate of drug-likeness (QED) is 0.283. The predicted molar refractivity (Wildman–Crippen MR) is 139 cm³/mol. The summed E-state index contributed by atoms with van der Waals surface area (Å²) in [5, 5.41) is 4.81. The first-order valence-electron chi connectivity index (χ1n) is 11.1. The molecule has 0 bridgehead atoms. The number of carbonyl (C=O) groups excluding carboxylic acids is 1. The summed E-state index contributed by atoms with van der Waals surface area (Å²) >= 11 is 0. The lowest BCUT2D eigenvalue weighted by molar-refractivity contribution is -0.111. The van der Waals surface area contributed by atoms with E-state index in [0.29, 0.717) is 17.0 Å². The molecule has 5 rings (SSSR count). The SMILES string of the molecule is COc1cc2occ(-c3ccccc3OC)c2cc1/C(C)=C/C(=O)Nc1cccc2cccnc12. The average Bonchev–Trinajstić information content (AvgIpc) is 3.30. The summed E-state index contributed by atoms with van der Waals surface area (Å²) in [6, 6.07) is 21.1. The van der Waals surface area contributed by atoms with E-state index >= 15 is 0 Å². The number of benzene rings is 3. The van der Waals surface area contributed by atoms with Crippen LogP contribution in [0.25, 0.3) is 38.6 Å². The van der Waals surface area contributed by atoms with Crippen LogP contribution in [0.5, 0.6) is 11.5 Å². The van der Waals surface area contributed by atoms with Crippen molar-refractivity contribution in [3.05, 3.63) is 90.8 Å². The number of fused-ring (bicyclic) bond motifs is 2. The van der Waals surface area contributed by atoms with Crippen LogP contribution in [-0.4, -0.2) is 25.1 Å². The van der Waals surface area contributed by atoms with Gasteiger partial charge in [0.05, 0.1) is 31.7 Å². The summed E-state index contributed by atoms with van der Waals surface area (Å²) < 4.78 is 17.0. The number of nitrogens with one attached hydrogen (secondary N) is 1. The Morgan fingerprint density at radius 2 is 1.74 bits per heavy atom. The summed E-state index contributed by atoms with van der Waals surface area (Å²) in [4.78, 5) is 17.3. The van der Waals surface area contributed by atoms with Crippen molar-refractivity contribution in [3.63, 3.8) is 0 Å². The molecule has 0 saturated heterocycles. The van der Waals surface area contributed by atoms with Gasteiger partial charge in [-0.2, -0.15) is 0 Å². The lowest BCUT2D eigenvalue weighted by atomic mass is 9.98. The van der Waals surface area contributed by atoms with Crippen LogP contribution >= 0.6 is 0 Å². The van der Waals surface area contributed by atoms with Crippen LogP contribution in [0.1, 0.15) is 12.5 Å². The lowest BCUT2D eigenvalue weighted by Crippen LogP contribution is -2.09. The third-order valence-corrected chi connectivity index (χ3v) is 5.96. The van der Waals surface area contributed by atoms with E-state index < -0.39 is 0 Å². The molecule has 6 heteroatoms. The molecule has 2 aromatic heterocycles. The summed E-state index contributed by atoms with van der Waals surface area (Å²) in [5.74, 6) is 1.12. The third kappa shape index (κ3) is 4.22. The van der Waals surface area contributed by atoms with E-state index in [-0.39, 0.29) is 5.91 Å². The van der Waals surface area contributed by atoms with Gasteiger partial charge in [-0.1, -0.05) is 36.4 Å². The second-order valence-corrected chi connectivity index (χ2v) is 8.10. The van der Waals surface area contributed by atoms with Gasteiger partial charge in [0.25, 0.3) is 0 Å².